The predicted octanol–water partition coefficient (Wildman–Crippen LogP) is 5.09. The summed E-state index contributed by atoms with van der Waals surface area (Å²) in [5.41, 5.74) is 3.02. The number of carbonyl (C=O) groups is 2. The molecule has 0 aliphatic heterocycles. The van der Waals surface area contributed by atoms with Gasteiger partial charge in [-0.05, 0) is 49.4 Å². The maximum Gasteiger partial charge on any atom is 0.243 e. The minimum atomic E-state index is -3.65. The number of sulfonamides is 1. The van der Waals surface area contributed by atoms with Gasteiger partial charge in [0.2, 0.25) is 21.8 Å². The number of aryl methyl sites for hydroxylation is 1. The van der Waals surface area contributed by atoms with Gasteiger partial charge >= 0.3 is 0 Å². The van der Waals surface area contributed by atoms with Gasteiger partial charge in [0.15, 0.2) is 0 Å². The summed E-state index contributed by atoms with van der Waals surface area (Å²) >= 11 is 0. The second kappa shape index (κ2) is 14.4. The molecule has 1 aliphatic rings. The molecule has 0 bridgehead atoms. The SMILES string of the molecule is Cc1cccc(CN(C(=O)CCCN(C)S(=O)(=O)c2ccccc2)[C@@H](Cc2ccccc2)C(=O)NC2CCCC2)c1. The van der Waals surface area contributed by atoms with E-state index in [1.165, 1.54) is 11.4 Å². The third-order valence-electron chi connectivity index (χ3n) is 7.72. The van der Waals surface area contributed by atoms with E-state index in [4.69, 9.17) is 0 Å². The van der Waals surface area contributed by atoms with Crippen molar-refractivity contribution < 1.29 is 18.0 Å². The molecule has 8 heteroatoms. The molecule has 41 heavy (non-hydrogen) atoms. The van der Waals surface area contributed by atoms with E-state index >= 15 is 0 Å². The number of hydrogen-bond acceptors (Lipinski definition) is 4. The van der Waals surface area contributed by atoms with E-state index in [0.29, 0.717) is 19.4 Å². The Morgan fingerprint density at radius 3 is 2.20 bits per heavy atom. The Labute approximate surface area is 244 Å². The normalized spacial score (nSPS) is 14.6. The van der Waals surface area contributed by atoms with Crippen LogP contribution in [0.5, 0.6) is 0 Å². The molecule has 0 aromatic heterocycles. The van der Waals surface area contributed by atoms with Crippen molar-refractivity contribution in [3.63, 3.8) is 0 Å². The molecule has 0 unspecified atom stereocenters. The average molecular weight is 576 g/mol. The maximum absolute atomic E-state index is 13.9. The van der Waals surface area contributed by atoms with Gasteiger partial charge in [-0.25, -0.2) is 12.7 Å². The Bertz CT molecular complexity index is 1390. The predicted molar refractivity (Wildman–Crippen MR) is 162 cm³/mol. The lowest BCUT2D eigenvalue weighted by Gasteiger charge is -2.32. The molecule has 3 aromatic rings. The zero-order valence-electron chi connectivity index (χ0n) is 24.0. The lowest BCUT2D eigenvalue weighted by molar-refractivity contribution is -0.141. The third-order valence-corrected chi connectivity index (χ3v) is 9.59. The van der Waals surface area contributed by atoms with Crippen molar-refractivity contribution in [3.8, 4) is 0 Å². The van der Waals surface area contributed by atoms with E-state index in [9.17, 15) is 18.0 Å². The molecule has 0 radical (unpaired) electrons. The second-order valence-corrected chi connectivity index (χ2v) is 13.0. The second-order valence-electron chi connectivity index (χ2n) is 10.9. The van der Waals surface area contributed by atoms with E-state index in [0.717, 1.165) is 42.4 Å². The molecule has 4 rings (SSSR count). The van der Waals surface area contributed by atoms with Crippen molar-refractivity contribution in [3.05, 3.63) is 102 Å². The van der Waals surface area contributed by atoms with Gasteiger partial charge in [-0.2, -0.15) is 0 Å². The standard InChI is InChI=1S/C33H41N3O4S/c1-26-13-11-16-28(23-26)25-36(32(37)21-12-22-35(2)41(39,40)30-19-7-4-8-20-30)31(24-27-14-5-3-6-15-27)33(38)34-29-17-9-10-18-29/h3-8,11,13-16,19-20,23,29,31H,9-10,12,17-18,21-22,24-25H2,1-2H3,(H,34,38)/t31-/m0/s1. The first-order valence-corrected chi connectivity index (χ1v) is 15.9. The van der Waals surface area contributed by atoms with Crippen LogP contribution < -0.4 is 5.32 Å². The van der Waals surface area contributed by atoms with Crippen LogP contribution >= 0.6 is 0 Å². The zero-order valence-corrected chi connectivity index (χ0v) is 24.9. The summed E-state index contributed by atoms with van der Waals surface area (Å²) in [6, 6.07) is 25.5. The molecule has 0 saturated heterocycles. The Morgan fingerprint density at radius 2 is 1.54 bits per heavy atom. The quantitative estimate of drug-likeness (QED) is 0.308. The topological polar surface area (TPSA) is 86.8 Å². The van der Waals surface area contributed by atoms with Crippen molar-refractivity contribution in [1.82, 2.24) is 14.5 Å². The zero-order chi connectivity index (χ0) is 29.2. The fourth-order valence-electron chi connectivity index (χ4n) is 5.42. The summed E-state index contributed by atoms with van der Waals surface area (Å²) < 4.78 is 27.2. The first kappa shape index (κ1) is 30.5. The number of nitrogens with one attached hydrogen (secondary N) is 1. The number of rotatable bonds is 13. The Hall–Kier alpha value is -3.49. The van der Waals surface area contributed by atoms with Gasteiger partial charge in [-0.1, -0.05) is 91.2 Å². The molecule has 2 amide bonds. The van der Waals surface area contributed by atoms with Gasteiger partial charge in [0.05, 0.1) is 4.90 Å². The van der Waals surface area contributed by atoms with Crippen molar-refractivity contribution in [2.75, 3.05) is 13.6 Å². The van der Waals surface area contributed by atoms with Gasteiger partial charge in [0.25, 0.3) is 0 Å². The van der Waals surface area contributed by atoms with Gasteiger partial charge in [-0.15, -0.1) is 0 Å². The minimum absolute atomic E-state index is 0.127. The summed E-state index contributed by atoms with van der Waals surface area (Å²) in [5.74, 6) is -0.301. The summed E-state index contributed by atoms with van der Waals surface area (Å²) in [4.78, 5) is 29.6. The lowest BCUT2D eigenvalue weighted by atomic mass is 10.0. The summed E-state index contributed by atoms with van der Waals surface area (Å²) in [6.45, 7) is 2.50. The van der Waals surface area contributed by atoms with Crippen LogP contribution in [0.15, 0.2) is 89.8 Å². The van der Waals surface area contributed by atoms with Crippen LogP contribution in [0.3, 0.4) is 0 Å². The van der Waals surface area contributed by atoms with Crippen LogP contribution in [0, 0.1) is 6.92 Å². The van der Waals surface area contributed by atoms with Crippen LogP contribution in [0.1, 0.15) is 55.2 Å². The molecule has 1 N–H and O–H groups in total. The monoisotopic (exact) mass is 575 g/mol. The number of amides is 2. The van der Waals surface area contributed by atoms with E-state index in [1.54, 1.807) is 35.2 Å². The molecule has 7 nitrogen and oxygen atoms in total. The molecule has 0 heterocycles. The smallest absolute Gasteiger partial charge is 0.243 e. The van der Waals surface area contributed by atoms with Crippen LogP contribution in [0.25, 0.3) is 0 Å². The fourth-order valence-corrected chi connectivity index (χ4v) is 6.65. The molecule has 0 spiro atoms. The van der Waals surface area contributed by atoms with Crippen LogP contribution in [-0.2, 0) is 32.6 Å². The van der Waals surface area contributed by atoms with Gasteiger partial charge in [0, 0.05) is 39.0 Å². The fraction of sp³-hybridized carbons (Fsp3) is 0.394. The van der Waals surface area contributed by atoms with Crippen molar-refractivity contribution in [1.29, 1.82) is 0 Å². The van der Waals surface area contributed by atoms with Crippen LogP contribution in [0.2, 0.25) is 0 Å². The summed E-state index contributed by atoms with van der Waals surface area (Å²) in [7, 11) is -2.12. The number of benzene rings is 3. The van der Waals surface area contributed by atoms with Crippen molar-refractivity contribution in [2.45, 2.75) is 75.4 Å². The largest absolute Gasteiger partial charge is 0.352 e. The summed E-state index contributed by atoms with van der Waals surface area (Å²) in [6.07, 6.45) is 4.98. The highest BCUT2D eigenvalue weighted by molar-refractivity contribution is 7.89. The molecule has 1 aliphatic carbocycles. The first-order valence-electron chi connectivity index (χ1n) is 14.4. The highest BCUT2D eigenvalue weighted by Crippen LogP contribution is 2.21. The van der Waals surface area contributed by atoms with E-state index in [-0.39, 0.29) is 35.7 Å². The highest BCUT2D eigenvalue weighted by atomic mass is 32.2. The molecular weight excluding hydrogens is 534 g/mol. The molecule has 1 atom stereocenters. The minimum Gasteiger partial charge on any atom is -0.352 e. The third kappa shape index (κ3) is 8.50. The van der Waals surface area contributed by atoms with E-state index < -0.39 is 16.1 Å². The highest BCUT2D eigenvalue weighted by Gasteiger charge is 2.32. The molecule has 3 aromatic carbocycles. The molecule has 1 fully saturated rings. The van der Waals surface area contributed by atoms with Gasteiger partial charge in [-0.3, -0.25) is 9.59 Å². The molecular formula is C33H41N3O4S. The van der Waals surface area contributed by atoms with Gasteiger partial charge < -0.3 is 10.2 Å². The first-order chi connectivity index (χ1) is 19.7. The Kier molecular flexibility index (Phi) is 10.7. The van der Waals surface area contributed by atoms with E-state index in [1.807, 2.05) is 61.5 Å². The van der Waals surface area contributed by atoms with Crippen molar-refractivity contribution >= 4 is 21.8 Å². The number of carbonyl (C=O) groups excluding carboxylic acids is 2. The Morgan fingerprint density at radius 1 is 0.902 bits per heavy atom. The average Bonchev–Trinajstić information content (AvgIpc) is 3.48. The van der Waals surface area contributed by atoms with Crippen molar-refractivity contribution in [2.24, 2.45) is 0 Å². The van der Waals surface area contributed by atoms with Gasteiger partial charge in [0.1, 0.15) is 6.04 Å². The number of hydrogen-bond donors (Lipinski definition) is 1. The van der Waals surface area contributed by atoms with Crippen LogP contribution in [-0.4, -0.2) is 55.1 Å². The Balaban J connectivity index is 1.54. The molecule has 1 saturated carbocycles. The van der Waals surface area contributed by atoms with E-state index in [2.05, 4.69) is 5.32 Å². The number of nitrogens with zero attached hydrogens (tertiary/aromatic N) is 2. The lowest BCUT2D eigenvalue weighted by Crippen LogP contribution is -2.52. The summed E-state index contributed by atoms with van der Waals surface area (Å²) in [5, 5.41) is 3.22. The maximum atomic E-state index is 13.9. The van der Waals surface area contributed by atoms with Crippen LogP contribution in [0.4, 0.5) is 0 Å². The molecule has 218 valence electrons.